The maximum Gasteiger partial charge on any atom is 0.241 e. The van der Waals surface area contributed by atoms with Gasteiger partial charge in [-0.25, -0.2) is 24.0 Å². The molecule has 1 unspecified atom stereocenters. The average molecular weight is 326 g/mol. The molecule has 6 nitrogen and oxygen atoms in total. The van der Waals surface area contributed by atoms with E-state index in [4.69, 9.17) is 5.84 Å². The first-order valence-electron chi connectivity index (χ1n) is 6.55. The van der Waals surface area contributed by atoms with E-state index in [2.05, 4.69) is 15.1 Å². The lowest BCUT2D eigenvalue weighted by Gasteiger charge is -2.17. The SMILES string of the molecule is CCCC(NS(=O)(=O)c1ccnc(NN)c1)c1cccs1. The molecule has 0 saturated heterocycles. The molecule has 0 radical (unpaired) electrons. The summed E-state index contributed by atoms with van der Waals surface area (Å²) in [5.41, 5.74) is 2.34. The van der Waals surface area contributed by atoms with Crippen LogP contribution in [0.25, 0.3) is 0 Å². The minimum atomic E-state index is -3.62. The predicted octanol–water partition coefficient (Wildman–Crippen LogP) is 2.25. The van der Waals surface area contributed by atoms with Gasteiger partial charge in [0.1, 0.15) is 5.82 Å². The number of hydrazine groups is 1. The molecule has 21 heavy (non-hydrogen) atoms. The number of nitrogens with two attached hydrogens (primary N) is 1. The third-order valence-corrected chi connectivity index (χ3v) is 5.41. The van der Waals surface area contributed by atoms with E-state index < -0.39 is 10.0 Å². The predicted molar refractivity (Wildman–Crippen MR) is 84.3 cm³/mol. The highest BCUT2D eigenvalue weighted by Crippen LogP contribution is 2.25. The molecule has 114 valence electrons. The topological polar surface area (TPSA) is 97.1 Å². The number of nitrogens with one attached hydrogen (secondary N) is 2. The van der Waals surface area contributed by atoms with E-state index in [0.717, 1.165) is 17.7 Å². The number of pyridine rings is 1. The van der Waals surface area contributed by atoms with Crippen LogP contribution in [-0.2, 0) is 10.0 Å². The van der Waals surface area contributed by atoms with Gasteiger partial charge in [-0.1, -0.05) is 19.4 Å². The molecule has 0 saturated carbocycles. The van der Waals surface area contributed by atoms with Gasteiger partial charge in [0.2, 0.25) is 10.0 Å². The van der Waals surface area contributed by atoms with Crippen molar-refractivity contribution in [2.24, 2.45) is 5.84 Å². The molecule has 0 bridgehead atoms. The van der Waals surface area contributed by atoms with Gasteiger partial charge in [-0.3, -0.25) is 0 Å². The van der Waals surface area contributed by atoms with Crippen LogP contribution in [0.5, 0.6) is 0 Å². The zero-order valence-corrected chi connectivity index (χ0v) is 13.2. The molecule has 0 aliphatic heterocycles. The quantitative estimate of drug-likeness (QED) is 0.535. The summed E-state index contributed by atoms with van der Waals surface area (Å²) in [5.74, 6) is 5.57. The van der Waals surface area contributed by atoms with E-state index in [0.29, 0.717) is 5.82 Å². The number of hydrogen-bond acceptors (Lipinski definition) is 6. The molecule has 2 aromatic rings. The van der Waals surface area contributed by atoms with Gasteiger partial charge in [0.05, 0.1) is 10.9 Å². The van der Waals surface area contributed by atoms with Crippen LogP contribution in [0.3, 0.4) is 0 Å². The number of aromatic nitrogens is 1. The molecule has 0 fully saturated rings. The van der Waals surface area contributed by atoms with Crippen molar-refractivity contribution in [1.29, 1.82) is 0 Å². The van der Waals surface area contributed by atoms with Crippen LogP contribution in [0.2, 0.25) is 0 Å². The lowest BCUT2D eigenvalue weighted by molar-refractivity contribution is 0.540. The summed E-state index contributed by atoms with van der Waals surface area (Å²) in [4.78, 5) is 5.06. The minimum absolute atomic E-state index is 0.142. The highest BCUT2D eigenvalue weighted by Gasteiger charge is 2.22. The maximum atomic E-state index is 12.5. The van der Waals surface area contributed by atoms with Gasteiger partial charge in [0, 0.05) is 17.1 Å². The molecular formula is C13H18N4O2S2. The average Bonchev–Trinajstić information content (AvgIpc) is 3.01. The van der Waals surface area contributed by atoms with Crippen molar-refractivity contribution in [2.45, 2.75) is 30.7 Å². The molecule has 2 heterocycles. The smallest absolute Gasteiger partial charge is 0.241 e. The largest absolute Gasteiger partial charge is 0.308 e. The van der Waals surface area contributed by atoms with Crippen molar-refractivity contribution in [3.8, 4) is 0 Å². The van der Waals surface area contributed by atoms with E-state index in [1.54, 1.807) is 11.3 Å². The number of nitrogens with zero attached hydrogens (tertiary/aromatic N) is 1. The first-order chi connectivity index (χ1) is 10.1. The van der Waals surface area contributed by atoms with E-state index in [1.165, 1.54) is 18.3 Å². The minimum Gasteiger partial charge on any atom is -0.308 e. The number of nitrogen functional groups attached to an aromatic ring is 1. The Balaban J connectivity index is 2.25. The Morgan fingerprint density at radius 3 is 2.86 bits per heavy atom. The summed E-state index contributed by atoms with van der Waals surface area (Å²) in [6, 6.07) is 6.48. The summed E-state index contributed by atoms with van der Waals surface area (Å²) >= 11 is 1.54. The van der Waals surface area contributed by atoms with Gasteiger partial charge >= 0.3 is 0 Å². The third kappa shape index (κ3) is 4.01. The third-order valence-electron chi connectivity index (χ3n) is 2.95. The lowest BCUT2D eigenvalue weighted by atomic mass is 10.1. The highest BCUT2D eigenvalue weighted by atomic mass is 32.2. The molecule has 0 amide bonds. The molecule has 4 N–H and O–H groups in total. The molecular weight excluding hydrogens is 308 g/mol. The second-order valence-corrected chi connectivity index (χ2v) is 7.19. The normalized spacial score (nSPS) is 13.0. The summed E-state index contributed by atoms with van der Waals surface area (Å²) < 4.78 is 27.7. The van der Waals surface area contributed by atoms with Crippen LogP contribution >= 0.6 is 11.3 Å². The standard InChI is InChI=1S/C13H18N4O2S2/c1-2-4-11(12-5-3-8-20-12)17-21(18,19)10-6-7-15-13(9-10)16-14/h3,5-9,11,17H,2,4,14H2,1H3,(H,15,16). The summed E-state index contributed by atoms with van der Waals surface area (Å²) in [5, 5.41) is 1.94. The zero-order chi connectivity index (χ0) is 15.3. The van der Waals surface area contributed by atoms with Crippen molar-refractivity contribution < 1.29 is 8.42 Å². The van der Waals surface area contributed by atoms with Crippen molar-refractivity contribution >= 4 is 27.2 Å². The van der Waals surface area contributed by atoms with Gasteiger partial charge in [-0.2, -0.15) is 0 Å². The van der Waals surface area contributed by atoms with Crippen molar-refractivity contribution in [3.05, 3.63) is 40.7 Å². The molecule has 0 aliphatic rings. The van der Waals surface area contributed by atoms with Crippen LogP contribution in [0, 0.1) is 0 Å². The molecule has 2 aromatic heterocycles. The summed E-state index contributed by atoms with van der Waals surface area (Å²) in [6.45, 7) is 2.03. The fraction of sp³-hybridized carbons (Fsp3) is 0.308. The Hall–Kier alpha value is -1.48. The molecule has 0 spiro atoms. The number of hydrogen-bond donors (Lipinski definition) is 3. The van der Waals surface area contributed by atoms with Crippen LogP contribution in [0.15, 0.2) is 40.7 Å². The second-order valence-electron chi connectivity index (χ2n) is 4.50. The number of anilines is 1. The first kappa shape index (κ1) is 15.9. The van der Waals surface area contributed by atoms with Gasteiger partial charge in [-0.05, 0) is 23.9 Å². The molecule has 8 heteroatoms. The molecule has 1 atom stereocenters. The van der Waals surface area contributed by atoms with Crippen molar-refractivity contribution in [1.82, 2.24) is 9.71 Å². The van der Waals surface area contributed by atoms with Gasteiger partial charge < -0.3 is 5.43 Å². The maximum absolute atomic E-state index is 12.5. The van der Waals surface area contributed by atoms with E-state index >= 15 is 0 Å². The van der Waals surface area contributed by atoms with Gasteiger partial charge in [0.25, 0.3) is 0 Å². The van der Waals surface area contributed by atoms with Crippen LogP contribution in [-0.4, -0.2) is 13.4 Å². The van der Waals surface area contributed by atoms with Crippen molar-refractivity contribution in [2.75, 3.05) is 5.43 Å². The molecule has 2 rings (SSSR count). The Morgan fingerprint density at radius 2 is 2.24 bits per heavy atom. The monoisotopic (exact) mass is 326 g/mol. The van der Waals surface area contributed by atoms with Crippen LogP contribution in [0.4, 0.5) is 5.82 Å². The van der Waals surface area contributed by atoms with Crippen LogP contribution in [0.1, 0.15) is 30.7 Å². The molecule has 0 aliphatic carbocycles. The summed E-state index contributed by atoms with van der Waals surface area (Å²) in [7, 11) is -3.62. The number of rotatable bonds is 7. The lowest BCUT2D eigenvalue weighted by Crippen LogP contribution is -2.28. The van der Waals surface area contributed by atoms with E-state index in [9.17, 15) is 8.42 Å². The van der Waals surface area contributed by atoms with Gasteiger partial charge in [-0.15, -0.1) is 11.3 Å². The van der Waals surface area contributed by atoms with E-state index in [1.807, 2.05) is 24.4 Å². The Kier molecular flexibility index (Phi) is 5.29. The fourth-order valence-electron chi connectivity index (χ4n) is 1.95. The molecule has 0 aromatic carbocycles. The second kappa shape index (κ2) is 6.99. The fourth-order valence-corrected chi connectivity index (χ4v) is 4.10. The van der Waals surface area contributed by atoms with Gasteiger partial charge in [0.15, 0.2) is 0 Å². The Morgan fingerprint density at radius 1 is 1.43 bits per heavy atom. The van der Waals surface area contributed by atoms with Crippen molar-refractivity contribution in [3.63, 3.8) is 0 Å². The Bertz CT molecular complexity index is 671. The van der Waals surface area contributed by atoms with Crippen LogP contribution < -0.4 is 16.0 Å². The number of thiophene rings is 1. The zero-order valence-electron chi connectivity index (χ0n) is 11.6. The highest BCUT2D eigenvalue weighted by molar-refractivity contribution is 7.89. The number of sulfonamides is 1. The van der Waals surface area contributed by atoms with E-state index in [-0.39, 0.29) is 10.9 Å². The summed E-state index contributed by atoms with van der Waals surface area (Å²) in [6.07, 6.45) is 3.04. The first-order valence-corrected chi connectivity index (χ1v) is 8.91. The Labute approximate surface area is 128 Å².